The number of benzene rings is 2. The summed E-state index contributed by atoms with van der Waals surface area (Å²) in [4.78, 5) is 16.8. The molecule has 1 atom stereocenters. The van der Waals surface area contributed by atoms with Gasteiger partial charge in [-0.3, -0.25) is 4.79 Å². The number of hydrogen-bond acceptors (Lipinski definition) is 3. The van der Waals surface area contributed by atoms with Crippen molar-refractivity contribution in [3.8, 4) is 11.6 Å². The van der Waals surface area contributed by atoms with Gasteiger partial charge in [-0.05, 0) is 49.2 Å². The van der Waals surface area contributed by atoms with Crippen molar-refractivity contribution >= 4 is 5.91 Å². The summed E-state index contributed by atoms with van der Waals surface area (Å²) in [6.45, 7) is 1.83. The lowest BCUT2D eigenvalue weighted by Gasteiger charge is -2.16. The predicted molar refractivity (Wildman–Crippen MR) is 97.8 cm³/mol. The van der Waals surface area contributed by atoms with Gasteiger partial charge >= 0.3 is 0 Å². The van der Waals surface area contributed by atoms with Crippen molar-refractivity contribution in [1.29, 1.82) is 0 Å². The van der Waals surface area contributed by atoms with Crippen LogP contribution in [0.15, 0.2) is 72.9 Å². The van der Waals surface area contributed by atoms with Gasteiger partial charge in [-0.25, -0.2) is 9.37 Å². The van der Waals surface area contributed by atoms with E-state index >= 15 is 0 Å². The van der Waals surface area contributed by atoms with E-state index in [1.165, 1.54) is 6.07 Å². The summed E-state index contributed by atoms with van der Waals surface area (Å²) >= 11 is 0. The van der Waals surface area contributed by atoms with Gasteiger partial charge in [-0.15, -0.1) is 0 Å². The standard InChI is InChI=1S/C21H19FN2O2/c1-15(14-16-8-5-6-12-19(16)22)24-20(25)18-11-7-13-23-21(18)26-17-9-3-2-4-10-17/h2-13,15H,14H2,1H3,(H,24,25). The number of ether oxygens (including phenoxy) is 1. The van der Waals surface area contributed by atoms with Crippen LogP contribution >= 0.6 is 0 Å². The van der Waals surface area contributed by atoms with E-state index in [-0.39, 0.29) is 23.6 Å². The van der Waals surface area contributed by atoms with E-state index in [1.807, 2.05) is 25.1 Å². The zero-order valence-corrected chi connectivity index (χ0v) is 14.4. The molecule has 3 rings (SSSR count). The van der Waals surface area contributed by atoms with E-state index in [0.717, 1.165) is 0 Å². The SMILES string of the molecule is CC(Cc1ccccc1F)NC(=O)c1cccnc1Oc1ccccc1. The summed E-state index contributed by atoms with van der Waals surface area (Å²) < 4.78 is 19.5. The first-order valence-electron chi connectivity index (χ1n) is 8.35. The second-order valence-electron chi connectivity index (χ2n) is 5.94. The molecule has 132 valence electrons. The molecule has 0 saturated heterocycles. The fourth-order valence-corrected chi connectivity index (χ4v) is 2.59. The third kappa shape index (κ3) is 4.45. The maximum Gasteiger partial charge on any atom is 0.257 e. The van der Waals surface area contributed by atoms with Crippen LogP contribution in [-0.4, -0.2) is 16.9 Å². The van der Waals surface area contributed by atoms with Crippen LogP contribution in [0.5, 0.6) is 11.6 Å². The maximum atomic E-state index is 13.8. The number of hydrogen-bond donors (Lipinski definition) is 1. The Kier molecular flexibility index (Phi) is 5.59. The van der Waals surface area contributed by atoms with E-state index in [4.69, 9.17) is 4.74 Å². The quantitative estimate of drug-likeness (QED) is 0.718. The minimum Gasteiger partial charge on any atom is -0.438 e. The molecule has 0 bridgehead atoms. The van der Waals surface area contributed by atoms with Crippen LogP contribution in [0.25, 0.3) is 0 Å². The molecule has 0 aliphatic rings. The smallest absolute Gasteiger partial charge is 0.257 e. The molecule has 4 nitrogen and oxygen atoms in total. The molecule has 1 N–H and O–H groups in total. The molecule has 0 aliphatic carbocycles. The minimum atomic E-state index is -0.312. The van der Waals surface area contributed by atoms with Gasteiger partial charge in [0.25, 0.3) is 5.91 Å². The highest BCUT2D eigenvalue weighted by Gasteiger charge is 2.17. The Labute approximate surface area is 151 Å². The van der Waals surface area contributed by atoms with Gasteiger partial charge in [-0.2, -0.15) is 0 Å². The lowest BCUT2D eigenvalue weighted by molar-refractivity contribution is 0.0937. The Morgan fingerprint density at radius 3 is 2.58 bits per heavy atom. The number of pyridine rings is 1. The number of carbonyl (C=O) groups is 1. The normalized spacial score (nSPS) is 11.6. The third-order valence-corrected chi connectivity index (χ3v) is 3.83. The molecule has 0 saturated carbocycles. The average molecular weight is 350 g/mol. The van der Waals surface area contributed by atoms with Crippen LogP contribution in [0.4, 0.5) is 4.39 Å². The molecule has 1 unspecified atom stereocenters. The molecule has 0 radical (unpaired) electrons. The monoisotopic (exact) mass is 350 g/mol. The van der Waals surface area contributed by atoms with Crippen molar-refractivity contribution in [2.45, 2.75) is 19.4 Å². The molecule has 5 heteroatoms. The van der Waals surface area contributed by atoms with E-state index in [2.05, 4.69) is 10.3 Å². The number of nitrogens with zero attached hydrogens (tertiary/aromatic N) is 1. The molecule has 1 aromatic heterocycles. The zero-order chi connectivity index (χ0) is 18.4. The highest BCUT2D eigenvalue weighted by Crippen LogP contribution is 2.22. The summed E-state index contributed by atoms with van der Waals surface area (Å²) in [6, 6.07) is 18.8. The number of para-hydroxylation sites is 1. The Balaban J connectivity index is 1.71. The number of nitrogens with one attached hydrogen (secondary N) is 1. The molecule has 1 amide bonds. The first-order chi connectivity index (χ1) is 12.6. The highest BCUT2D eigenvalue weighted by molar-refractivity contribution is 5.96. The summed E-state index contributed by atoms with van der Waals surface area (Å²) in [7, 11) is 0. The van der Waals surface area contributed by atoms with Gasteiger partial charge < -0.3 is 10.1 Å². The molecule has 0 fully saturated rings. The van der Waals surface area contributed by atoms with E-state index < -0.39 is 0 Å². The van der Waals surface area contributed by atoms with Gasteiger partial charge in [0.2, 0.25) is 5.88 Å². The summed E-state index contributed by atoms with van der Waals surface area (Å²) in [6.07, 6.45) is 1.96. The highest BCUT2D eigenvalue weighted by atomic mass is 19.1. The van der Waals surface area contributed by atoms with E-state index in [1.54, 1.807) is 48.7 Å². The Morgan fingerprint density at radius 1 is 1.08 bits per heavy atom. The minimum absolute atomic E-state index is 0.231. The summed E-state index contributed by atoms with van der Waals surface area (Å²) in [5.74, 6) is 0.241. The van der Waals surface area contributed by atoms with E-state index in [0.29, 0.717) is 23.3 Å². The summed E-state index contributed by atoms with van der Waals surface area (Å²) in [5, 5.41) is 2.87. The molecule has 0 spiro atoms. The van der Waals surface area contributed by atoms with Gasteiger partial charge in [0.15, 0.2) is 0 Å². The molecule has 1 heterocycles. The van der Waals surface area contributed by atoms with Crippen molar-refractivity contribution in [2.24, 2.45) is 0 Å². The van der Waals surface area contributed by atoms with Gasteiger partial charge in [0, 0.05) is 12.2 Å². The van der Waals surface area contributed by atoms with Crippen molar-refractivity contribution < 1.29 is 13.9 Å². The average Bonchev–Trinajstić information content (AvgIpc) is 2.65. The molecular formula is C21H19FN2O2. The van der Waals surface area contributed by atoms with Crippen LogP contribution in [0.1, 0.15) is 22.8 Å². The van der Waals surface area contributed by atoms with Crippen molar-refractivity contribution in [3.63, 3.8) is 0 Å². The Morgan fingerprint density at radius 2 is 1.81 bits per heavy atom. The third-order valence-electron chi connectivity index (χ3n) is 3.83. The molecule has 3 aromatic rings. The van der Waals surface area contributed by atoms with Gasteiger partial charge in [-0.1, -0.05) is 36.4 Å². The first kappa shape index (κ1) is 17.6. The molecule has 2 aromatic carbocycles. The Bertz CT molecular complexity index is 884. The Hall–Kier alpha value is -3.21. The van der Waals surface area contributed by atoms with Crippen LogP contribution < -0.4 is 10.1 Å². The fraction of sp³-hybridized carbons (Fsp3) is 0.143. The zero-order valence-electron chi connectivity index (χ0n) is 14.4. The number of carbonyl (C=O) groups excluding carboxylic acids is 1. The van der Waals surface area contributed by atoms with Gasteiger partial charge in [0.05, 0.1) is 0 Å². The van der Waals surface area contributed by atoms with E-state index in [9.17, 15) is 9.18 Å². The molecular weight excluding hydrogens is 331 g/mol. The maximum absolute atomic E-state index is 13.8. The number of halogens is 1. The largest absolute Gasteiger partial charge is 0.438 e. The number of rotatable bonds is 6. The number of amides is 1. The molecule has 26 heavy (non-hydrogen) atoms. The lowest BCUT2D eigenvalue weighted by atomic mass is 10.1. The summed E-state index contributed by atoms with van der Waals surface area (Å²) in [5.41, 5.74) is 0.893. The first-order valence-corrected chi connectivity index (χ1v) is 8.35. The second kappa shape index (κ2) is 8.25. The van der Waals surface area contributed by atoms with Gasteiger partial charge in [0.1, 0.15) is 17.1 Å². The van der Waals surface area contributed by atoms with Crippen LogP contribution in [0.3, 0.4) is 0 Å². The molecule has 0 aliphatic heterocycles. The second-order valence-corrected chi connectivity index (χ2v) is 5.94. The fourth-order valence-electron chi connectivity index (χ4n) is 2.59. The number of aromatic nitrogens is 1. The van der Waals surface area contributed by atoms with Crippen molar-refractivity contribution in [3.05, 3.63) is 89.9 Å². The lowest BCUT2D eigenvalue weighted by Crippen LogP contribution is -2.34. The van der Waals surface area contributed by atoms with Crippen LogP contribution in [0.2, 0.25) is 0 Å². The van der Waals surface area contributed by atoms with Crippen molar-refractivity contribution in [1.82, 2.24) is 10.3 Å². The van der Waals surface area contributed by atoms with Crippen LogP contribution in [-0.2, 0) is 6.42 Å². The predicted octanol–water partition coefficient (Wildman–Crippen LogP) is 4.37. The topological polar surface area (TPSA) is 51.2 Å². The van der Waals surface area contributed by atoms with Crippen LogP contribution in [0, 0.1) is 5.82 Å². The van der Waals surface area contributed by atoms with Crippen molar-refractivity contribution in [2.75, 3.05) is 0 Å².